The monoisotopic (exact) mass is 398 g/mol. The van der Waals surface area contributed by atoms with Crippen molar-refractivity contribution >= 4 is 21.9 Å². The average Bonchev–Trinajstić information content (AvgIpc) is 3.04. The number of amides is 1. The van der Waals surface area contributed by atoms with Gasteiger partial charge >= 0.3 is 5.97 Å². The zero-order chi connectivity index (χ0) is 20.4. The van der Waals surface area contributed by atoms with Crippen molar-refractivity contribution in [3.63, 3.8) is 0 Å². The van der Waals surface area contributed by atoms with Gasteiger partial charge in [0.2, 0.25) is 15.9 Å². The van der Waals surface area contributed by atoms with E-state index in [4.69, 9.17) is 9.84 Å². The highest BCUT2D eigenvalue weighted by Gasteiger charge is 2.40. The summed E-state index contributed by atoms with van der Waals surface area (Å²) in [5, 5.41) is 11.5. The van der Waals surface area contributed by atoms with Crippen LogP contribution in [0.5, 0.6) is 0 Å². The first kappa shape index (κ1) is 21.3. The first-order chi connectivity index (χ1) is 12.6. The molecule has 1 aliphatic rings. The molecular formula is C18H26N2O6S. The van der Waals surface area contributed by atoms with Gasteiger partial charge < -0.3 is 15.2 Å². The van der Waals surface area contributed by atoms with Gasteiger partial charge in [-0.2, -0.15) is 4.31 Å². The summed E-state index contributed by atoms with van der Waals surface area (Å²) in [5.74, 6) is -1.71. The van der Waals surface area contributed by atoms with Gasteiger partial charge in [0.15, 0.2) is 6.10 Å². The summed E-state index contributed by atoms with van der Waals surface area (Å²) in [7, 11) is -2.61. The number of hydrogen-bond donors (Lipinski definition) is 2. The number of carbonyl (C=O) groups excluding carboxylic acids is 1. The van der Waals surface area contributed by atoms with Crippen molar-refractivity contribution in [2.45, 2.75) is 50.7 Å². The van der Waals surface area contributed by atoms with Gasteiger partial charge in [0.05, 0.1) is 11.4 Å². The standard InChI is InChI=1S/C18H26N2O6S/c1-11-8-12(2)16(13(3)9-11)27(24,25)20-7-5-6-14(20)17(21)19-10-15(26-4)18(22)23/h8-9,14-15H,5-7,10H2,1-4H3,(H,19,21)(H,22,23). The van der Waals surface area contributed by atoms with Crippen LogP contribution in [0.15, 0.2) is 17.0 Å². The number of sulfonamides is 1. The predicted octanol–water partition coefficient (Wildman–Crippen LogP) is 0.981. The zero-order valence-electron chi connectivity index (χ0n) is 16.0. The Labute approximate surface area is 159 Å². The van der Waals surface area contributed by atoms with E-state index in [1.807, 2.05) is 6.92 Å². The van der Waals surface area contributed by atoms with Crippen LogP contribution in [0.25, 0.3) is 0 Å². The molecule has 1 aliphatic heterocycles. The summed E-state index contributed by atoms with van der Waals surface area (Å²) in [6.45, 7) is 5.41. The van der Waals surface area contributed by atoms with Crippen molar-refractivity contribution in [3.05, 3.63) is 28.8 Å². The molecule has 2 N–H and O–H groups in total. The van der Waals surface area contributed by atoms with E-state index in [1.54, 1.807) is 26.0 Å². The second-order valence-corrected chi connectivity index (χ2v) is 8.64. The second kappa shape index (κ2) is 8.37. The quantitative estimate of drug-likeness (QED) is 0.708. The normalized spacial score (nSPS) is 19.0. The van der Waals surface area contributed by atoms with E-state index in [9.17, 15) is 18.0 Å². The molecule has 2 rings (SSSR count). The molecule has 150 valence electrons. The van der Waals surface area contributed by atoms with Gasteiger partial charge in [0, 0.05) is 13.7 Å². The third kappa shape index (κ3) is 4.48. The molecule has 0 aliphatic carbocycles. The van der Waals surface area contributed by atoms with E-state index in [1.165, 1.54) is 11.4 Å². The first-order valence-corrected chi connectivity index (χ1v) is 10.2. The molecule has 0 aromatic heterocycles. The molecule has 1 aromatic carbocycles. The van der Waals surface area contributed by atoms with Crippen LogP contribution in [0.3, 0.4) is 0 Å². The second-order valence-electron chi connectivity index (χ2n) is 6.81. The summed E-state index contributed by atoms with van der Waals surface area (Å²) in [4.78, 5) is 23.8. The van der Waals surface area contributed by atoms with Crippen LogP contribution in [-0.2, 0) is 24.3 Å². The third-order valence-corrected chi connectivity index (χ3v) is 6.91. The van der Waals surface area contributed by atoms with Gasteiger partial charge in [-0.15, -0.1) is 0 Å². The molecular weight excluding hydrogens is 372 g/mol. The van der Waals surface area contributed by atoms with Crippen molar-refractivity contribution in [3.8, 4) is 0 Å². The van der Waals surface area contributed by atoms with Crippen LogP contribution in [0.2, 0.25) is 0 Å². The van der Waals surface area contributed by atoms with Crippen LogP contribution in [-0.4, -0.2) is 62.1 Å². The fourth-order valence-electron chi connectivity index (χ4n) is 3.56. The first-order valence-electron chi connectivity index (χ1n) is 8.72. The van der Waals surface area contributed by atoms with Gasteiger partial charge in [0.25, 0.3) is 0 Å². The molecule has 1 fully saturated rings. The summed E-state index contributed by atoms with van der Waals surface area (Å²) >= 11 is 0. The summed E-state index contributed by atoms with van der Waals surface area (Å²) in [5.41, 5.74) is 2.26. The molecule has 1 amide bonds. The molecule has 0 radical (unpaired) electrons. The molecule has 1 heterocycles. The number of carboxylic acid groups (broad SMARTS) is 1. The number of ether oxygens (including phenoxy) is 1. The predicted molar refractivity (Wildman–Crippen MR) is 99.0 cm³/mol. The molecule has 9 heteroatoms. The average molecular weight is 398 g/mol. The number of carboxylic acids is 1. The van der Waals surface area contributed by atoms with E-state index in [0.29, 0.717) is 24.0 Å². The Balaban J connectivity index is 2.25. The summed E-state index contributed by atoms with van der Waals surface area (Å²) in [6, 6.07) is 2.75. The number of methoxy groups -OCH3 is 1. The highest BCUT2D eigenvalue weighted by atomic mass is 32.2. The minimum Gasteiger partial charge on any atom is -0.479 e. The van der Waals surface area contributed by atoms with Gasteiger partial charge in [-0.1, -0.05) is 17.7 Å². The SMILES string of the molecule is COC(CNC(=O)C1CCCN1S(=O)(=O)c1c(C)cc(C)cc1C)C(=O)O. The van der Waals surface area contributed by atoms with E-state index in [0.717, 1.165) is 5.56 Å². The van der Waals surface area contributed by atoms with Crippen molar-refractivity contribution in [1.82, 2.24) is 9.62 Å². The van der Waals surface area contributed by atoms with Crippen molar-refractivity contribution in [2.24, 2.45) is 0 Å². The lowest BCUT2D eigenvalue weighted by Gasteiger charge is -2.25. The number of aryl methyl sites for hydroxylation is 3. The Morgan fingerprint density at radius 3 is 2.41 bits per heavy atom. The minimum atomic E-state index is -3.85. The Bertz CT molecular complexity index is 813. The van der Waals surface area contributed by atoms with Gasteiger partial charge in [-0.3, -0.25) is 4.79 Å². The molecule has 0 saturated carbocycles. The smallest absolute Gasteiger partial charge is 0.334 e. The van der Waals surface area contributed by atoms with Crippen molar-refractivity contribution in [1.29, 1.82) is 0 Å². The highest BCUT2D eigenvalue weighted by molar-refractivity contribution is 7.89. The lowest BCUT2D eigenvalue weighted by atomic mass is 10.1. The van der Waals surface area contributed by atoms with Crippen LogP contribution < -0.4 is 5.32 Å². The van der Waals surface area contributed by atoms with Gasteiger partial charge in [-0.25, -0.2) is 13.2 Å². The minimum absolute atomic E-state index is 0.225. The lowest BCUT2D eigenvalue weighted by Crippen LogP contribution is -2.48. The lowest BCUT2D eigenvalue weighted by molar-refractivity contribution is -0.148. The molecule has 0 bridgehead atoms. The fourth-order valence-corrected chi connectivity index (χ4v) is 5.64. The van der Waals surface area contributed by atoms with Gasteiger partial charge in [0.1, 0.15) is 6.04 Å². The van der Waals surface area contributed by atoms with Crippen LogP contribution >= 0.6 is 0 Å². The fraction of sp³-hybridized carbons (Fsp3) is 0.556. The Morgan fingerprint density at radius 2 is 1.89 bits per heavy atom. The molecule has 2 unspecified atom stereocenters. The van der Waals surface area contributed by atoms with E-state index >= 15 is 0 Å². The van der Waals surface area contributed by atoms with E-state index in [-0.39, 0.29) is 18.0 Å². The Morgan fingerprint density at radius 1 is 1.30 bits per heavy atom. The Hall–Kier alpha value is -1.97. The number of carbonyl (C=O) groups is 2. The largest absolute Gasteiger partial charge is 0.479 e. The highest BCUT2D eigenvalue weighted by Crippen LogP contribution is 2.30. The van der Waals surface area contributed by atoms with Crippen LogP contribution in [0, 0.1) is 20.8 Å². The number of hydrogen-bond acceptors (Lipinski definition) is 5. The number of aliphatic carboxylic acids is 1. The van der Waals surface area contributed by atoms with Gasteiger partial charge in [-0.05, 0) is 44.7 Å². The Kier molecular flexibility index (Phi) is 6.61. The summed E-state index contributed by atoms with van der Waals surface area (Å²) in [6.07, 6.45) is -0.227. The molecule has 27 heavy (non-hydrogen) atoms. The van der Waals surface area contributed by atoms with Crippen LogP contribution in [0.4, 0.5) is 0 Å². The maximum atomic E-state index is 13.2. The third-order valence-electron chi connectivity index (χ3n) is 4.70. The molecule has 1 saturated heterocycles. The summed E-state index contributed by atoms with van der Waals surface area (Å²) < 4.78 is 32.5. The number of benzene rings is 1. The maximum absolute atomic E-state index is 13.2. The van der Waals surface area contributed by atoms with Crippen molar-refractivity contribution in [2.75, 3.05) is 20.2 Å². The zero-order valence-corrected chi connectivity index (χ0v) is 16.8. The topological polar surface area (TPSA) is 113 Å². The maximum Gasteiger partial charge on any atom is 0.334 e. The molecule has 2 atom stereocenters. The van der Waals surface area contributed by atoms with E-state index in [2.05, 4.69) is 5.32 Å². The number of nitrogens with one attached hydrogen (secondary N) is 1. The van der Waals surface area contributed by atoms with Crippen molar-refractivity contribution < 1.29 is 27.9 Å². The molecule has 0 spiro atoms. The molecule has 8 nitrogen and oxygen atoms in total. The number of nitrogens with zero attached hydrogens (tertiary/aromatic N) is 1. The van der Waals surface area contributed by atoms with Crippen LogP contribution in [0.1, 0.15) is 29.5 Å². The molecule has 1 aromatic rings. The van der Waals surface area contributed by atoms with E-state index < -0.39 is 34.0 Å². The number of rotatable bonds is 7.